The Labute approximate surface area is 87.9 Å². The van der Waals surface area contributed by atoms with E-state index in [1.165, 1.54) is 0 Å². The van der Waals surface area contributed by atoms with E-state index in [0.717, 1.165) is 6.42 Å². The number of halogens is 6. The number of ether oxygens (including phenoxy) is 1. The fourth-order valence-electron chi connectivity index (χ4n) is 1.49. The van der Waals surface area contributed by atoms with E-state index in [9.17, 15) is 26.3 Å². The Morgan fingerprint density at radius 3 is 2.06 bits per heavy atom. The number of hydrogen-bond donors (Lipinski definition) is 1. The molecule has 96 valence electrons. The topological polar surface area (TPSA) is 21.3 Å². The van der Waals surface area contributed by atoms with E-state index in [4.69, 9.17) is 0 Å². The molecule has 1 saturated heterocycles. The Morgan fingerprint density at radius 1 is 1.12 bits per heavy atom. The maximum Gasteiger partial charge on any atom is 0.423 e. The minimum atomic E-state index is -5.42. The van der Waals surface area contributed by atoms with Crippen LogP contribution in [0.25, 0.3) is 0 Å². The predicted molar refractivity (Wildman–Crippen MR) is 42.9 cm³/mol. The molecule has 0 saturated carbocycles. The molecule has 1 N–H and O–H groups in total. The van der Waals surface area contributed by atoms with Crippen molar-refractivity contribution in [1.82, 2.24) is 5.32 Å². The monoisotopic (exact) mass is 251 g/mol. The van der Waals surface area contributed by atoms with Gasteiger partial charge in [-0.3, -0.25) is 0 Å². The van der Waals surface area contributed by atoms with Gasteiger partial charge in [-0.05, 0) is 19.4 Å². The van der Waals surface area contributed by atoms with Crippen LogP contribution in [0, 0.1) is 0 Å². The van der Waals surface area contributed by atoms with Crippen LogP contribution in [-0.2, 0) is 4.74 Å². The van der Waals surface area contributed by atoms with Crippen molar-refractivity contribution in [3.05, 3.63) is 0 Å². The number of alkyl halides is 6. The molecule has 1 heterocycles. The average molecular weight is 251 g/mol. The van der Waals surface area contributed by atoms with Crippen LogP contribution in [0.4, 0.5) is 26.3 Å². The van der Waals surface area contributed by atoms with Gasteiger partial charge in [0.2, 0.25) is 6.10 Å². The Morgan fingerprint density at radius 2 is 1.69 bits per heavy atom. The third-order valence-corrected chi connectivity index (χ3v) is 2.22. The van der Waals surface area contributed by atoms with Gasteiger partial charge in [0.25, 0.3) is 0 Å². The van der Waals surface area contributed by atoms with Gasteiger partial charge < -0.3 is 10.1 Å². The molecular formula is C8H11F6NO. The molecule has 0 unspecified atom stereocenters. The van der Waals surface area contributed by atoms with Crippen molar-refractivity contribution in [2.24, 2.45) is 0 Å². The summed E-state index contributed by atoms with van der Waals surface area (Å²) in [5.41, 5.74) is 0. The average Bonchev–Trinajstić information content (AvgIpc) is 2.51. The van der Waals surface area contributed by atoms with Gasteiger partial charge in [0, 0.05) is 6.04 Å². The number of rotatable bonds is 3. The second kappa shape index (κ2) is 4.79. The summed E-state index contributed by atoms with van der Waals surface area (Å²) in [5.74, 6) is 0. The van der Waals surface area contributed by atoms with Crippen LogP contribution in [-0.4, -0.2) is 37.7 Å². The van der Waals surface area contributed by atoms with Gasteiger partial charge in [-0.15, -0.1) is 0 Å². The summed E-state index contributed by atoms with van der Waals surface area (Å²) in [4.78, 5) is 0. The van der Waals surface area contributed by atoms with Crippen LogP contribution in [0.3, 0.4) is 0 Å². The molecule has 0 spiro atoms. The zero-order valence-electron chi connectivity index (χ0n) is 8.16. The van der Waals surface area contributed by atoms with E-state index >= 15 is 0 Å². The lowest BCUT2D eigenvalue weighted by molar-refractivity contribution is -0.322. The summed E-state index contributed by atoms with van der Waals surface area (Å²) in [6, 6.07) is -0.424. The van der Waals surface area contributed by atoms with E-state index < -0.39 is 31.1 Å². The van der Waals surface area contributed by atoms with Gasteiger partial charge in [-0.25, -0.2) is 0 Å². The first-order chi connectivity index (χ1) is 7.21. The lowest BCUT2D eigenvalue weighted by atomic mass is 10.2. The summed E-state index contributed by atoms with van der Waals surface area (Å²) in [6.45, 7) is 0.0143. The summed E-state index contributed by atoms with van der Waals surface area (Å²) in [7, 11) is 0. The molecule has 2 nitrogen and oxygen atoms in total. The summed E-state index contributed by atoms with van der Waals surface area (Å²) < 4.78 is 76.1. The molecule has 1 atom stereocenters. The molecule has 0 bridgehead atoms. The molecule has 1 fully saturated rings. The van der Waals surface area contributed by atoms with Crippen molar-refractivity contribution in [1.29, 1.82) is 0 Å². The third-order valence-electron chi connectivity index (χ3n) is 2.22. The highest BCUT2D eigenvalue weighted by Crippen LogP contribution is 2.35. The summed E-state index contributed by atoms with van der Waals surface area (Å²) in [5, 5.41) is 2.76. The Bertz CT molecular complexity index is 206. The minimum absolute atomic E-state index is 0.424. The van der Waals surface area contributed by atoms with E-state index in [-0.39, 0.29) is 0 Å². The molecule has 1 aliphatic heterocycles. The van der Waals surface area contributed by atoms with Crippen LogP contribution >= 0.6 is 0 Å². The van der Waals surface area contributed by atoms with Crippen molar-refractivity contribution in [3.63, 3.8) is 0 Å². The Hall–Kier alpha value is -0.500. The van der Waals surface area contributed by atoms with Crippen molar-refractivity contribution >= 4 is 0 Å². The van der Waals surface area contributed by atoms with E-state index in [0.29, 0.717) is 13.0 Å². The number of nitrogens with one attached hydrogen (secondary N) is 1. The van der Waals surface area contributed by atoms with Crippen molar-refractivity contribution in [3.8, 4) is 0 Å². The van der Waals surface area contributed by atoms with Crippen molar-refractivity contribution < 1.29 is 31.1 Å². The summed E-state index contributed by atoms with van der Waals surface area (Å²) in [6.07, 6.45) is -13.3. The Balaban J connectivity index is 2.51. The zero-order chi connectivity index (χ0) is 12.4. The fraction of sp³-hybridized carbons (Fsp3) is 1.00. The highest BCUT2D eigenvalue weighted by molar-refractivity contribution is 4.79. The van der Waals surface area contributed by atoms with Gasteiger partial charge in [0.05, 0.1) is 6.61 Å². The van der Waals surface area contributed by atoms with Crippen LogP contribution in [0.1, 0.15) is 12.8 Å². The van der Waals surface area contributed by atoms with Gasteiger partial charge in [-0.1, -0.05) is 0 Å². The first kappa shape index (κ1) is 13.6. The maximum absolute atomic E-state index is 12.0. The van der Waals surface area contributed by atoms with Gasteiger partial charge in [0.15, 0.2) is 0 Å². The molecule has 0 amide bonds. The van der Waals surface area contributed by atoms with Crippen LogP contribution in [0.2, 0.25) is 0 Å². The van der Waals surface area contributed by atoms with Crippen molar-refractivity contribution in [2.75, 3.05) is 13.2 Å². The quantitative estimate of drug-likeness (QED) is 0.777. The SMILES string of the molecule is FC(F)(F)C(OC[C@@H]1CCCN1)C(F)(F)F. The molecule has 0 aromatic rings. The first-order valence-corrected chi connectivity index (χ1v) is 4.69. The van der Waals surface area contributed by atoms with E-state index in [1.54, 1.807) is 0 Å². The lowest BCUT2D eigenvalue weighted by Crippen LogP contribution is -2.46. The number of hydrogen-bond acceptors (Lipinski definition) is 2. The molecule has 16 heavy (non-hydrogen) atoms. The molecule has 1 rings (SSSR count). The maximum atomic E-state index is 12.0. The van der Waals surface area contributed by atoms with Crippen LogP contribution < -0.4 is 5.32 Å². The standard InChI is InChI=1S/C8H11F6NO/c9-7(10,11)6(8(12,13)14)16-4-5-2-1-3-15-5/h5-6,15H,1-4H2/t5-/m0/s1. The zero-order valence-corrected chi connectivity index (χ0v) is 8.16. The van der Waals surface area contributed by atoms with Crippen molar-refractivity contribution in [2.45, 2.75) is 37.3 Å². The highest BCUT2D eigenvalue weighted by Gasteiger charge is 2.58. The highest BCUT2D eigenvalue weighted by atomic mass is 19.4. The van der Waals surface area contributed by atoms with Crippen LogP contribution in [0.15, 0.2) is 0 Å². The fourth-order valence-corrected chi connectivity index (χ4v) is 1.49. The van der Waals surface area contributed by atoms with Gasteiger partial charge in [-0.2, -0.15) is 26.3 Å². The molecular weight excluding hydrogens is 240 g/mol. The predicted octanol–water partition coefficient (Wildman–Crippen LogP) is 2.25. The normalized spacial score (nSPS) is 23.1. The molecule has 0 aromatic heterocycles. The molecule has 1 aliphatic rings. The summed E-state index contributed by atoms with van der Waals surface area (Å²) >= 11 is 0. The molecule has 0 aromatic carbocycles. The first-order valence-electron chi connectivity index (χ1n) is 4.69. The third kappa shape index (κ3) is 3.82. The Kier molecular flexibility index (Phi) is 4.06. The second-order valence-corrected chi connectivity index (χ2v) is 3.59. The molecule has 0 aliphatic carbocycles. The van der Waals surface area contributed by atoms with E-state index in [1.807, 2.05) is 0 Å². The van der Waals surface area contributed by atoms with Crippen LogP contribution in [0.5, 0.6) is 0 Å². The second-order valence-electron chi connectivity index (χ2n) is 3.59. The van der Waals surface area contributed by atoms with Gasteiger partial charge >= 0.3 is 12.4 Å². The van der Waals surface area contributed by atoms with Gasteiger partial charge in [0.1, 0.15) is 0 Å². The van der Waals surface area contributed by atoms with E-state index in [2.05, 4.69) is 10.1 Å². The molecule has 0 radical (unpaired) electrons. The largest absolute Gasteiger partial charge is 0.423 e. The lowest BCUT2D eigenvalue weighted by Gasteiger charge is -2.24. The minimum Gasteiger partial charge on any atom is -0.359 e. The molecule has 8 heteroatoms. The smallest absolute Gasteiger partial charge is 0.359 e.